The third kappa shape index (κ3) is 3.92. The normalized spacial score (nSPS) is 14.1. The number of hydrogen-bond donors (Lipinski definition) is 1. The molecule has 0 atom stereocenters. The molecule has 1 saturated heterocycles. The number of hydrogen-bond acceptors (Lipinski definition) is 3. The molecule has 2 aromatic carbocycles. The van der Waals surface area contributed by atoms with Gasteiger partial charge >= 0.3 is 0 Å². The van der Waals surface area contributed by atoms with Gasteiger partial charge in [-0.05, 0) is 61.5 Å². The van der Waals surface area contributed by atoms with Gasteiger partial charge in [0.2, 0.25) is 0 Å². The molecule has 1 N–H and O–H groups in total. The van der Waals surface area contributed by atoms with Crippen LogP contribution in [-0.2, 0) is 0 Å². The second-order valence-electron chi connectivity index (χ2n) is 6.33. The first-order valence-electron chi connectivity index (χ1n) is 8.46. The molecular formula is C20H22N4S. The molecule has 1 aliphatic heterocycles. The van der Waals surface area contributed by atoms with E-state index in [1.807, 2.05) is 24.3 Å². The smallest absolute Gasteiger partial charge is 0.173 e. The molecular weight excluding hydrogens is 328 g/mol. The Morgan fingerprint density at radius 3 is 2.44 bits per heavy atom. The Morgan fingerprint density at radius 1 is 1.04 bits per heavy atom. The third-order valence-corrected chi connectivity index (χ3v) is 5.05. The van der Waals surface area contributed by atoms with E-state index in [2.05, 4.69) is 53.2 Å². The zero-order valence-corrected chi connectivity index (χ0v) is 15.4. The summed E-state index contributed by atoms with van der Waals surface area (Å²) in [7, 11) is 0. The Hall–Kier alpha value is -2.58. The van der Waals surface area contributed by atoms with Crippen molar-refractivity contribution in [2.75, 3.05) is 36.4 Å². The molecule has 25 heavy (non-hydrogen) atoms. The minimum absolute atomic E-state index is 0.729. The van der Waals surface area contributed by atoms with E-state index < -0.39 is 0 Å². The Morgan fingerprint density at radius 2 is 1.76 bits per heavy atom. The van der Waals surface area contributed by atoms with Gasteiger partial charge in [0.05, 0.1) is 11.3 Å². The first-order chi connectivity index (χ1) is 12.1. The fourth-order valence-corrected chi connectivity index (χ4v) is 3.32. The molecule has 4 nitrogen and oxygen atoms in total. The lowest BCUT2D eigenvalue weighted by atomic mass is 10.1. The molecule has 0 aliphatic carbocycles. The predicted octanol–water partition coefficient (Wildman–Crippen LogP) is 3.69. The number of piperazine rings is 1. The van der Waals surface area contributed by atoms with Gasteiger partial charge < -0.3 is 15.1 Å². The van der Waals surface area contributed by atoms with Crippen molar-refractivity contribution in [2.45, 2.75) is 13.8 Å². The van der Waals surface area contributed by atoms with E-state index in [9.17, 15) is 5.26 Å². The fraction of sp³-hybridized carbons (Fsp3) is 0.300. The largest absolute Gasteiger partial charge is 0.367 e. The number of aryl methyl sites for hydroxylation is 2. The monoisotopic (exact) mass is 350 g/mol. The van der Waals surface area contributed by atoms with Crippen molar-refractivity contribution >= 4 is 28.7 Å². The predicted molar refractivity (Wildman–Crippen MR) is 107 cm³/mol. The minimum atomic E-state index is 0.729. The van der Waals surface area contributed by atoms with Crippen molar-refractivity contribution in [2.24, 2.45) is 0 Å². The maximum absolute atomic E-state index is 9.28. The first kappa shape index (κ1) is 17.2. The van der Waals surface area contributed by atoms with E-state index in [1.54, 1.807) is 0 Å². The topological polar surface area (TPSA) is 42.3 Å². The zero-order chi connectivity index (χ0) is 17.8. The first-order valence-corrected chi connectivity index (χ1v) is 8.86. The summed E-state index contributed by atoms with van der Waals surface area (Å²) in [4.78, 5) is 4.45. The lowest BCUT2D eigenvalue weighted by Crippen LogP contribution is -2.50. The number of para-hydroxylation sites is 1. The van der Waals surface area contributed by atoms with Gasteiger partial charge in [-0.15, -0.1) is 0 Å². The van der Waals surface area contributed by atoms with Crippen LogP contribution in [0.5, 0.6) is 0 Å². The number of thiocarbonyl (C=S) groups is 1. The van der Waals surface area contributed by atoms with Gasteiger partial charge in [0.15, 0.2) is 5.11 Å². The summed E-state index contributed by atoms with van der Waals surface area (Å²) < 4.78 is 0. The van der Waals surface area contributed by atoms with Gasteiger partial charge in [0, 0.05) is 31.9 Å². The van der Waals surface area contributed by atoms with Crippen molar-refractivity contribution in [1.29, 1.82) is 5.26 Å². The highest BCUT2D eigenvalue weighted by Crippen LogP contribution is 2.21. The second-order valence-corrected chi connectivity index (χ2v) is 6.72. The molecule has 0 bridgehead atoms. The molecule has 1 heterocycles. The lowest BCUT2D eigenvalue weighted by molar-refractivity contribution is 0.391. The van der Waals surface area contributed by atoms with Crippen LogP contribution in [-0.4, -0.2) is 36.2 Å². The van der Waals surface area contributed by atoms with E-state index in [0.717, 1.165) is 48.2 Å². The van der Waals surface area contributed by atoms with Crippen molar-refractivity contribution in [3.63, 3.8) is 0 Å². The van der Waals surface area contributed by atoms with Crippen molar-refractivity contribution < 1.29 is 0 Å². The molecule has 0 aromatic heterocycles. The van der Waals surface area contributed by atoms with Gasteiger partial charge in [-0.2, -0.15) is 5.26 Å². The molecule has 2 aromatic rings. The van der Waals surface area contributed by atoms with E-state index in [1.165, 1.54) is 11.1 Å². The molecule has 0 radical (unpaired) electrons. The van der Waals surface area contributed by atoms with Crippen LogP contribution in [0, 0.1) is 25.2 Å². The molecule has 128 valence electrons. The maximum Gasteiger partial charge on any atom is 0.173 e. The average molecular weight is 350 g/mol. The van der Waals surface area contributed by atoms with E-state index in [0.29, 0.717) is 0 Å². The summed E-state index contributed by atoms with van der Waals surface area (Å²) in [5, 5.41) is 13.4. The summed E-state index contributed by atoms with van der Waals surface area (Å²) >= 11 is 5.58. The number of anilines is 2. The molecule has 5 heteroatoms. The summed E-state index contributed by atoms with van der Waals surface area (Å²) in [6.07, 6.45) is 0. The van der Waals surface area contributed by atoms with Crippen LogP contribution in [0.25, 0.3) is 0 Å². The highest BCUT2D eigenvalue weighted by Gasteiger charge is 2.20. The highest BCUT2D eigenvalue weighted by atomic mass is 32.1. The molecule has 0 unspecified atom stereocenters. The molecule has 0 amide bonds. The van der Waals surface area contributed by atoms with Gasteiger partial charge in [0.1, 0.15) is 6.07 Å². The standard InChI is InChI=1S/C20H22N4S/c1-15-7-8-18(13-16(15)2)22-20(25)24-11-9-23(10-12-24)19-6-4-3-5-17(19)14-21/h3-8,13H,9-12H2,1-2H3,(H,22,25). The molecule has 0 spiro atoms. The third-order valence-electron chi connectivity index (χ3n) is 4.69. The SMILES string of the molecule is Cc1ccc(NC(=S)N2CCN(c3ccccc3C#N)CC2)cc1C. The number of nitriles is 1. The summed E-state index contributed by atoms with van der Waals surface area (Å²) in [6, 6.07) is 16.3. The Labute approximate surface area is 154 Å². The van der Waals surface area contributed by atoms with E-state index >= 15 is 0 Å². The van der Waals surface area contributed by atoms with Crippen molar-refractivity contribution in [3.05, 3.63) is 59.2 Å². The van der Waals surface area contributed by atoms with E-state index in [-0.39, 0.29) is 0 Å². The molecule has 1 aliphatic rings. The minimum Gasteiger partial charge on any atom is -0.367 e. The van der Waals surface area contributed by atoms with Crippen molar-refractivity contribution in [3.8, 4) is 6.07 Å². The Bertz CT molecular complexity index is 817. The molecule has 1 fully saturated rings. The number of nitrogens with zero attached hydrogens (tertiary/aromatic N) is 3. The molecule has 3 rings (SSSR count). The number of nitrogens with one attached hydrogen (secondary N) is 1. The van der Waals surface area contributed by atoms with Gasteiger partial charge in [-0.3, -0.25) is 0 Å². The van der Waals surface area contributed by atoms with Gasteiger partial charge in [-0.25, -0.2) is 0 Å². The summed E-state index contributed by atoms with van der Waals surface area (Å²) in [6.45, 7) is 7.61. The summed E-state index contributed by atoms with van der Waals surface area (Å²) in [5.41, 5.74) is 5.31. The average Bonchev–Trinajstić information content (AvgIpc) is 2.65. The molecule has 0 saturated carbocycles. The Kier molecular flexibility index (Phi) is 5.20. The van der Waals surface area contributed by atoms with Gasteiger partial charge in [0.25, 0.3) is 0 Å². The van der Waals surface area contributed by atoms with Crippen LogP contribution in [0.1, 0.15) is 16.7 Å². The lowest BCUT2D eigenvalue weighted by Gasteiger charge is -2.37. The second kappa shape index (κ2) is 7.54. The van der Waals surface area contributed by atoms with Crippen LogP contribution >= 0.6 is 12.2 Å². The maximum atomic E-state index is 9.28. The van der Waals surface area contributed by atoms with Crippen molar-refractivity contribution in [1.82, 2.24) is 4.90 Å². The van der Waals surface area contributed by atoms with E-state index in [4.69, 9.17) is 12.2 Å². The fourth-order valence-electron chi connectivity index (χ4n) is 3.02. The van der Waals surface area contributed by atoms with Crippen LogP contribution in [0.4, 0.5) is 11.4 Å². The van der Waals surface area contributed by atoms with Gasteiger partial charge in [-0.1, -0.05) is 18.2 Å². The number of rotatable bonds is 2. The quantitative estimate of drug-likeness (QED) is 0.837. The number of benzene rings is 2. The zero-order valence-electron chi connectivity index (χ0n) is 14.6. The van der Waals surface area contributed by atoms with Crippen LogP contribution in [0.3, 0.4) is 0 Å². The summed E-state index contributed by atoms with van der Waals surface area (Å²) in [5.74, 6) is 0. The van der Waals surface area contributed by atoms with Crippen LogP contribution in [0.2, 0.25) is 0 Å². The van der Waals surface area contributed by atoms with Crippen LogP contribution in [0.15, 0.2) is 42.5 Å². The Balaban J connectivity index is 1.61. The van der Waals surface area contributed by atoms with Crippen LogP contribution < -0.4 is 10.2 Å². The highest BCUT2D eigenvalue weighted by molar-refractivity contribution is 7.80.